The Kier molecular flexibility index (Phi) is 7.28. The lowest BCUT2D eigenvalue weighted by atomic mass is 9.81. The summed E-state index contributed by atoms with van der Waals surface area (Å²) < 4.78 is 0. The molecule has 0 saturated carbocycles. The summed E-state index contributed by atoms with van der Waals surface area (Å²) >= 11 is 0. The summed E-state index contributed by atoms with van der Waals surface area (Å²) in [7, 11) is 0. The fraction of sp³-hybridized carbons (Fsp3) is 0.545. The normalized spacial score (nSPS) is 15.3. The highest BCUT2D eigenvalue weighted by Crippen LogP contribution is 2.28. The highest BCUT2D eigenvalue weighted by Gasteiger charge is 2.21. The molecule has 0 spiro atoms. The zero-order valence-electron chi connectivity index (χ0n) is 15.9. The van der Waals surface area contributed by atoms with E-state index in [4.69, 9.17) is 5.73 Å². The van der Waals surface area contributed by atoms with Gasteiger partial charge in [-0.15, -0.1) is 6.58 Å². The van der Waals surface area contributed by atoms with Gasteiger partial charge in [0, 0.05) is 6.04 Å². The predicted molar refractivity (Wildman–Crippen MR) is 105 cm³/mol. The van der Waals surface area contributed by atoms with Crippen LogP contribution in [0.2, 0.25) is 0 Å². The number of nitrogens with two attached hydrogens (primary N) is 1. The first-order chi connectivity index (χ1) is 10.7. The van der Waals surface area contributed by atoms with Crippen LogP contribution in [-0.4, -0.2) is 6.04 Å². The summed E-state index contributed by atoms with van der Waals surface area (Å²) in [6.07, 6.45) is 7.55. The lowest BCUT2D eigenvalue weighted by Gasteiger charge is -2.27. The van der Waals surface area contributed by atoms with Crippen molar-refractivity contribution in [2.24, 2.45) is 17.1 Å². The van der Waals surface area contributed by atoms with Crippen LogP contribution in [0.1, 0.15) is 64.2 Å². The Morgan fingerprint density at radius 3 is 2.52 bits per heavy atom. The van der Waals surface area contributed by atoms with Gasteiger partial charge in [-0.1, -0.05) is 51.1 Å². The summed E-state index contributed by atoms with van der Waals surface area (Å²) in [5.41, 5.74) is 11.7. The van der Waals surface area contributed by atoms with E-state index < -0.39 is 0 Å². The Balaban J connectivity index is 2.93. The van der Waals surface area contributed by atoms with E-state index in [1.807, 2.05) is 6.08 Å². The number of hydrogen-bond acceptors (Lipinski definition) is 1. The molecular weight excluding hydrogens is 278 g/mol. The van der Waals surface area contributed by atoms with E-state index >= 15 is 0 Å². The molecule has 0 amide bonds. The van der Waals surface area contributed by atoms with Crippen molar-refractivity contribution in [1.82, 2.24) is 0 Å². The Morgan fingerprint density at radius 1 is 1.30 bits per heavy atom. The zero-order chi connectivity index (χ0) is 17.6. The third-order valence-corrected chi connectivity index (χ3v) is 5.11. The van der Waals surface area contributed by atoms with Crippen LogP contribution in [0.5, 0.6) is 0 Å². The average molecular weight is 314 g/mol. The Hall–Kier alpha value is -1.34. The molecule has 0 heterocycles. The smallest absolute Gasteiger partial charge is 0.00647 e. The van der Waals surface area contributed by atoms with Crippen LogP contribution >= 0.6 is 0 Å². The van der Waals surface area contributed by atoms with E-state index in [1.165, 1.54) is 22.3 Å². The molecule has 0 saturated heterocycles. The topological polar surface area (TPSA) is 26.0 Å². The van der Waals surface area contributed by atoms with Gasteiger partial charge in [0.25, 0.3) is 0 Å². The first-order valence-corrected chi connectivity index (χ1v) is 8.80. The number of hydrogen-bond donors (Lipinski definition) is 1. The molecule has 1 aromatic carbocycles. The summed E-state index contributed by atoms with van der Waals surface area (Å²) in [5, 5.41) is 0. The standard InChI is InChI=1S/C22H35N/c1-8-9-16(2)14-21-15-20(11-10-17(21)3)18(4)12-13-22(6,7)19(5)23/h8,10-12,15-16,19H,1,9,13-14,23H2,2-7H3/b18-12+. The molecule has 23 heavy (non-hydrogen) atoms. The minimum atomic E-state index is 0.132. The van der Waals surface area contributed by atoms with Crippen molar-refractivity contribution in [2.45, 2.75) is 66.8 Å². The van der Waals surface area contributed by atoms with Gasteiger partial charge in [0.15, 0.2) is 0 Å². The van der Waals surface area contributed by atoms with Gasteiger partial charge in [-0.25, -0.2) is 0 Å². The van der Waals surface area contributed by atoms with Crippen molar-refractivity contribution in [1.29, 1.82) is 0 Å². The molecule has 1 rings (SSSR count). The highest BCUT2D eigenvalue weighted by atomic mass is 14.7. The van der Waals surface area contributed by atoms with E-state index in [0.29, 0.717) is 5.92 Å². The maximum atomic E-state index is 6.09. The van der Waals surface area contributed by atoms with Gasteiger partial charge in [-0.05, 0) is 73.6 Å². The summed E-state index contributed by atoms with van der Waals surface area (Å²) in [5.74, 6) is 0.641. The van der Waals surface area contributed by atoms with Crippen molar-refractivity contribution < 1.29 is 0 Å². The average Bonchev–Trinajstić information content (AvgIpc) is 2.47. The van der Waals surface area contributed by atoms with Crippen LogP contribution in [0.4, 0.5) is 0 Å². The number of aryl methyl sites for hydroxylation is 1. The van der Waals surface area contributed by atoms with Crippen LogP contribution in [-0.2, 0) is 6.42 Å². The fourth-order valence-corrected chi connectivity index (χ4v) is 2.60. The summed E-state index contributed by atoms with van der Waals surface area (Å²) in [6.45, 7) is 17.1. The van der Waals surface area contributed by atoms with Crippen LogP contribution in [0.25, 0.3) is 5.57 Å². The van der Waals surface area contributed by atoms with Crippen LogP contribution in [0.15, 0.2) is 36.9 Å². The molecule has 1 heteroatoms. The van der Waals surface area contributed by atoms with Crippen molar-refractivity contribution in [2.75, 3.05) is 0 Å². The molecule has 0 aliphatic rings. The van der Waals surface area contributed by atoms with Crippen LogP contribution in [0, 0.1) is 18.3 Å². The molecule has 2 N–H and O–H groups in total. The van der Waals surface area contributed by atoms with Gasteiger partial charge >= 0.3 is 0 Å². The Labute approximate surface area is 143 Å². The minimum Gasteiger partial charge on any atom is -0.327 e. The molecule has 0 aliphatic heterocycles. The molecule has 2 unspecified atom stereocenters. The van der Waals surface area contributed by atoms with Crippen molar-refractivity contribution in [3.63, 3.8) is 0 Å². The Morgan fingerprint density at radius 2 is 1.96 bits per heavy atom. The SMILES string of the molecule is C=CCC(C)Cc1cc(/C(C)=C/CC(C)(C)C(C)N)ccc1C. The molecule has 1 nitrogen and oxygen atoms in total. The number of allylic oxidation sites excluding steroid dienone is 3. The van der Waals surface area contributed by atoms with Gasteiger partial charge in [-0.3, -0.25) is 0 Å². The fourth-order valence-electron chi connectivity index (χ4n) is 2.60. The summed E-state index contributed by atoms with van der Waals surface area (Å²) in [6, 6.07) is 7.04. The quantitative estimate of drug-likeness (QED) is 0.593. The van der Waals surface area contributed by atoms with E-state index in [-0.39, 0.29) is 11.5 Å². The predicted octanol–water partition coefficient (Wildman–Crippen LogP) is 5.92. The minimum absolute atomic E-state index is 0.132. The first kappa shape index (κ1) is 19.7. The maximum absolute atomic E-state index is 6.09. The molecule has 0 aliphatic carbocycles. The molecule has 128 valence electrons. The van der Waals surface area contributed by atoms with Gasteiger partial charge in [-0.2, -0.15) is 0 Å². The highest BCUT2D eigenvalue weighted by molar-refractivity contribution is 5.64. The van der Waals surface area contributed by atoms with Crippen LogP contribution < -0.4 is 5.73 Å². The number of benzene rings is 1. The Bertz CT molecular complexity index is 549. The summed E-state index contributed by atoms with van der Waals surface area (Å²) in [4.78, 5) is 0. The van der Waals surface area contributed by atoms with E-state index in [1.54, 1.807) is 0 Å². The third-order valence-electron chi connectivity index (χ3n) is 5.11. The second kappa shape index (κ2) is 8.49. The zero-order valence-corrected chi connectivity index (χ0v) is 15.9. The van der Waals surface area contributed by atoms with Crippen LogP contribution in [0.3, 0.4) is 0 Å². The number of rotatable bonds is 8. The molecule has 0 radical (unpaired) electrons. The molecule has 2 atom stereocenters. The monoisotopic (exact) mass is 313 g/mol. The van der Waals surface area contributed by atoms with E-state index in [2.05, 4.69) is 72.4 Å². The van der Waals surface area contributed by atoms with Gasteiger partial charge in [0.2, 0.25) is 0 Å². The van der Waals surface area contributed by atoms with E-state index in [0.717, 1.165) is 19.3 Å². The lowest BCUT2D eigenvalue weighted by molar-refractivity contribution is 0.306. The second-order valence-corrected chi connectivity index (χ2v) is 7.84. The molecule has 1 aromatic rings. The lowest BCUT2D eigenvalue weighted by Crippen LogP contribution is -2.33. The maximum Gasteiger partial charge on any atom is 0.00647 e. The first-order valence-electron chi connectivity index (χ1n) is 8.80. The third kappa shape index (κ3) is 5.99. The van der Waals surface area contributed by atoms with Crippen molar-refractivity contribution in [3.05, 3.63) is 53.6 Å². The molecule has 0 aromatic heterocycles. The van der Waals surface area contributed by atoms with E-state index in [9.17, 15) is 0 Å². The molecule has 0 fully saturated rings. The van der Waals surface area contributed by atoms with Gasteiger partial charge < -0.3 is 5.73 Å². The molecular formula is C22H35N. The van der Waals surface area contributed by atoms with Gasteiger partial charge in [0.05, 0.1) is 0 Å². The van der Waals surface area contributed by atoms with Crippen molar-refractivity contribution in [3.8, 4) is 0 Å². The second-order valence-electron chi connectivity index (χ2n) is 7.84. The largest absolute Gasteiger partial charge is 0.327 e. The molecule has 0 bridgehead atoms. The van der Waals surface area contributed by atoms with Gasteiger partial charge in [0.1, 0.15) is 0 Å². The van der Waals surface area contributed by atoms with Crippen molar-refractivity contribution >= 4 is 5.57 Å².